The van der Waals surface area contributed by atoms with Gasteiger partial charge in [0.05, 0.1) is 15.6 Å². The lowest BCUT2D eigenvalue weighted by Gasteiger charge is -2.27. The van der Waals surface area contributed by atoms with Gasteiger partial charge in [-0.15, -0.1) is 10.2 Å². The van der Waals surface area contributed by atoms with Gasteiger partial charge in [-0.05, 0) is 30.7 Å². The fourth-order valence-corrected chi connectivity index (χ4v) is 4.07. The summed E-state index contributed by atoms with van der Waals surface area (Å²) in [5, 5.41) is 19.5. The molecule has 0 fully saturated rings. The summed E-state index contributed by atoms with van der Waals surface area (Å²) in [6.45, 7) is 1.28. The van der Waals surface area contributed by atoms with Crippen LogP contribution in [-0.2, 0) is 17.3 Å². The molecule has 4 rings (SSSR count). The van der Waals surface area contributed by atoms with Gasteiger partial charge >= 0.3 is 0 Å². The van der Waals surface area contributed by atoms with Gasteiger partial charge in [-0.3, -0.25) is 4.79 Å². The second-order valence-corrected chi connectivity index (χ2v) is 8.47. The van der Waals surface area contributed by atoms with E-state index in [-0.39, 0.29) is 34.9 Å². The van der Waals surface area contributed by atoms with Crippen LogP contribution in [0.25, 0.3) is 11.5 Å². The van der Waals surface area contributed by atoms with Gasteiger partial charge in [0.25, 0.3) is 11.8 Å². The van der Waals surface area contributed by atoms with E-state index in [1.54, 1.807) is 12.1 Å². The van der Waals surface area contributed by atoms with E-state index in [1.165, 1.54) is 24.4 Å². The molecule has 1 aliphatic heterocycles. The van der Waals surface area contributed by atoms with Gasteiger partial charge in [-0.2, -0.15) is 0 Å². The molecule has 0 bridgehead atoms. The molecule has 34 heavy (non-hydrogen) atoms. The quantitative estimate of drug-likeness (QED) is 0.490. The molecule has 8 nitrogen and oxygen atoms in total. The van der Waals surface area contributed by atoms with Crippen LogP contribution in [0, 0.1) is 0 Å². The van der Waals surface area contributed by atoms with Crippen molar-refractivity contribution in [3.05, 3.63) is 63.6 Å². The molecular weight excluding hydrogens is 491 g/mol. The van der Waals surface area contributed by atoms with Crippen molar-refractivity contribution in [1.82, 2.24) is 15.2 Å². The number of aromatic nitrogens is 3. The van der Waals surface area contributed by atoms with Crippen molar-refractivity contribution in [1.29, 1.82) is 0 Å². The largest absolute Gasteiger partial charge is 0.418 e. The predicted octanol–water partition coefficient (Wildman–Crippen LogP) is 4.82. The lowest BCUT2D eigenvalue weighted by atomic mass is 10.1. The van der Waals surface area contributed by atoms with E-state index in [2.05, 4.69) is 20.5 Å². The topological polar surface area (TPSA) is 104 Å². The van der Waals surface area contributed by atoms with Crippen LogP contribution in [0.3, 0.4) is 0 Å². The molecule has 0 unspecified atom stereocenters. The van der Waals surface area contributed by atoms with Gasteiger partial charge in [-0.25, -0.2) is 13.8 Å². The average Bonchev–Trinajstić information content (AvgIpc) is 3.28. The van der Waals surface area contributed by atoms with E-state index < -0.39 is 5.92 Å². The van der Waals surface area contributed by atoms with E-state index in [9.17, 15) is 13.6 Å². The first-order valence-electron chi connectivity index (χ1n) is 10.2. The normalized spacial score (nSPS) is 14.2. The number of pyridine rings is 1. The Balaban J connectivity index is 1.42. The number of nitrogens with one attached hydrogen (secondary N) is 1. The van der Waals surface area contributed by atoms with Crippen molar-refractivity contribution < 1.29 is 23.1 Å². The number of hydrogen-bond acceptors (Lipinski definition) is 7. The first-order valence-corrected chi connectivity index (χ1v) is 10.9. The van der Waals surface area contributed by atoms with E-state index in [4.69, 9.17) is 32.7 Å². The molecule has 3 heterocycles. The highest BCUT2D eigenvalue weighted by molar-refractivity contribution is 6.33. The number of anilines is 2. The molecule has 1 aromatic carbocycles. The molecule has 0 saturated heterocycles. The SMILES string of the molecule is CC(F)(F)c1ccc(NC(=O)C2=CCN(c3ncc(-c4nnc(CO)o4)cc3Cl)CC2)cc1Cl. The number of hydrogen-bond donors (Lipinski definition) is 2. The van der Waals surface area contributed by atoms with Gasteiger partial charge < -0.3 is 19.7 Å². The fourth-order valence-electron chi connectivity index (χ4n) is 3.44. The molecule has 0 atom stereocenters. The summed E-state index contributed by atoms with van der Waals surface area (Å²) in [5.74, 6) is -2.60. The molecule has 12 heteroatoms. The minimum absolute atomic E-state index is 0.0867. The number of carbonyl (C=O) groups is 1. The average molecular weight is 510 g/mol. The molecule has 0 radical (unpaired) electrons. The van der Waals surface area contributed by atoms with Crippen LogP contribution < -0.4 is 10.2 Å². The number of alkyl halides is 2. The zero-order chi connectivity index (χ0) is 24.5. The molecule has 1 aliphatic rings. The molecule has 0 aliphatic carbocycles. The number of carbonyl (C=O) groups excluding carboxylic acids is 1. The van der Waals surface area contributed by atoms with Crippen molar-refractivity contribution in [3.63, 3.8) is 0 Å². The lowest BCUT2D eigenvalue weighted by Crippen LogP contribution is -2.32. The Hall–Kier alpha value is -3.08. The van der Waals surface area contributed by atoms with E-state index >= 15 is 0 Å². The Morgan fingerprint density at radius 1 is 1.26 bits per heavy atom. The van der Waals surface area contributed by atoms with Crippen LogP contribution in [0.2, 0.25) is 10.0 Å². The molecule has 0 spiro atoms. The third kappa shape index (κ3) is 5.19. The highest BCUT2D eigenvalue weighted by Crippen LogP contribution is 2.34. The summed E-state index contributed by atoms with van der Waals surface area (Å²) in [4.78, 5) is 18.9. The third-order valence-electron chi connectivity index (χ3n) is 5.17. The first-order chi connectivity index (χ1) is 16.2. The van der Waals surface area contributed by atoms with Crippen LogP contribution in [0.5, 0.6) is 0 Å². The van der Waals surface area contributed by atoms with Crippen LogP contribution in [0.4, 0.5) is 20.3 Å². The Morgan fingerprint density at radius 3 is 2.65 bits per heavy atom. The number of aliphatic hydroxyl groups excluding tert-OH is 1. The molecule has 2 aromatic heterocycles. The number of nitrogens with zero attached hydrogens (tertiary/aromatic N) is 4. The molecule has 0 saturated carbocycles. The second kappa shape index (κ2) is 9.65. The minimum Gasteiger partial charge on any atom is -0.418 e. The lowest BCUT2D eigenvalue weighted by molar-refractivity contribution is -0.113. The number of halogens is 4. The van der Waals surface area contributed by atoms with Gasteiger partial charge in [0.1, 0.15) is 12.4 Å². The third-order valence-corrected chi connectivity index (χ3v) is 5.76. The fraction of sp³-hybridized carbons (Fsp3) is 0.273. The van der Waals surface area contributed by atoms with Crippen molar-refractivity contribution in [2.24, 2.45) is 0 Å². The monoisotopic (exact) mass is 509 g/mol. The highest BCUT2D eigenvalue weighted by Gasteiger charge is 2.27. The van der Waals surface area contributed by atoms with Crippen molar-refractivity contribution >= 4 is 40.6 Å². The van der Waals surface area contributed by atoms with Gasteiger partial charge in [0, 0.05) is 43.0 Å². The van der Waals surface area contributed by atoms with E-state index in [0.29, 0.717) is 47.2 Å². The number of benzene rings is 1. The van der Waals surface area contributed by atoms with Crippen LogP contribution in [-0.4, -0.2) is 39.3 Å². The Labute approximate surface area is 203 Å². The summed E-state index contributed by atoms with van der Waals surface area (Å²) in [5.41, 5.74) is 1.09. The molecular formula is C22H19Cl2F2N5O3. The maximum Gasteiger partial charge on any atom is 0.271 e. The van der Waals surface area contributed by atoms with Crippen molar-refractivity contribution in [3.8, 4) is 11.5 Å². The zero-order valence-corrected chi connectivity index (χ0v) is 19.4. The molecule has 2 N–H and O–H groups in total. The minimum atomic E-state index is -3.07. The molecule has 3 aromatic rings. The Morgan fingerprint density at radius 2 is 2.06 bits per heavy atom. The van der Waals surface area contributed by atoms with Crippen molar-refractivity contribution in [2.45, 2.75) is 25.9 Å². The number of aliphatic hydroxyl groups is 1. The van der Waals surface area contributed by atoms with Crippen molar-refractivity contribution in [2.75, 3.05) is 23.3 Å². The van der Waals surface area contributed by atoms with Crippen LogP contribution in [0.1, 0.15) is 24.8 Å². The molecule has 178 valence electrons. The number of rotatable bonds is 6. The molecule has 1 amide bonds. The zero-order valence-electron chi connectivity index (χ0n) is 17.9. The summed E-state index contributed by atoms with van der Waals surface area (Å²) < 4.78 is 32.3. The smallest absolute Gasteiger partial charge is 0.271 e. The Kier molecular flexibility index (Phi) is 6.83. The summed E-state index contributed by atoms with van der Waals surface area (Å²) in [7, 11) is 0. The van der Waals surface area contributed by atoms with Gasteiger partial charge in [0.15, 0.2) is 0 Å². The summed E-state index contributed by atoms with van der Waals surface area (Å²) in [6, 6.07) is 5.54. The van der Waals surface area contributed by atoms with E-state index in [0.717, 1.165) is 6.92 Å². The van der Waals surface area contributed by atoms with E-state index in [1.807, 2.05) is 4.90 Å². The second-order valence-electron chi connectivity index (χ2n) is 7.65. The number of amides is 1. The van der Waals surface area contributed by atoms with Crippen LogP contribution >= 0.6 is 23.2 Å². The summed E-state index contributed by atoms with van der Waals surface area (Å²) >= 11 is 12.4. The first kappa shape index (κ1) is 24.1. The predicted molar refractivity (Wildman–Crippen MR) is 123 cm³/mol. The summed E-state index contributed by atoms with van der Waals surface area (Å²) in [6.07, 6.45) is 3.72. The van der Waals surface area contributed by atoms with Gasteiger partial charge in [-0.1, -0.05) is 29.3 Å². The maximum absolute atomic E-state index is 13.5. The van der Waals surface area contributed by atoms with Crippen LogP contribution in [0.15, 0.2) is 46.5 Å². The standard InChI is InChI=1S/C22H19Cl2F2N5O3/c1-22(25,26)15-3-2-14(9-16(15)23)28-20(33)12-4-6-31(7-5-12)19-17(24)8-13(10-27-19)21-30-29-18(11-32)34-21/h2-4,8-10,32H,5-7,11H2,1H3,(H,28,33). The maximum atomic E-state index is 13.5. The van der Waals surface area contributed by atoms with Gasteiger partial charge in [0.2, 0.25) is 11.8 Å². The Bertz CT molecular complexity index is 1260. The highest BCUT2D eigenvalue weighted by atomic mass is 35.5.